The van der Waals surface area contributed by atoms with E-state index in [4.69, 9.17) is 4.52 Å². The number of carbonyl (C=O) groups excluding carboxylic acids is 1. The number of aliphatic hydroxyl groups excluding tert-OH is 1. The average Bonchev–Trinajstić information content (AvgIpc) is 3.03. The van der Waals surface area contributed by atoms with Gasteiger partial charge in [0, 0.05) is 17.9 Å². The van der Waals surface area contributed by atoms with Gasteiger partial charge in [0.2, 0.25) is 5.88 Å². The monoisotopic (exact) mass is 311 g/mol. The topological polar surface area (TPSA) is 69.8 Å². The standard InChI is InChI=1S/C14H21N3O3S/c1-5-7-11-13(18)17(14(19)16(11)6-2)12-8-10(15-20-12)9(3)21-4/h5,8-9,11,13,18H,1,6-7H2,2-4H3. The maximum Gasteiger partial charge on any atom is 0.329 e. The summed E-state index contributed by atoms with van der Waals surface area (Å²) >= 11 is 1.64. The molecule has 6 nitrogen and oxygen atoms in total. The van der Waals surface area contributed by atoms with Gasteiger partial charge in [-0.15, -0.1) is 6.58 Å². The Morgan fingerprint density at radius 2 is 2.38 bits per heavy atom. The highest BCUT2D eigenvalue weighted by atomic mass is 32.2. The molecular weight excluding hydrogens is 290 g/mol. The molecule has 2 rings (SSSR count). The highest BCUT2D eigenvalue weighted by Crippen LogP contribution is 2.33. The molecule has 21 heavy (non-hydrogen) atoms. The number of amides is 2. The molecule has 1 aromatic heterocycles. The number of hydrogen-bond donors (Lipinski definition) is 1. The third-order valence-corrected chi connectivity index (χ3v) is 4.68. The van der Waals surface area contributed by atoms with E-state index in [1.807, 2.05) is 20.1 Å². The number of hydrogen-bond acceptors (Lipinski definition) is 5. The van der Waals surface area contributed by atoms with Crippen molar-refractivity contribution < 1.29 is 14.4 Å². The summed E-state index contributed by atoms with van der Waals surface area (Å²) in [6.45, 7) is 8.09. The Kier molecular flexibility index (Phi) is 4.95. The lowest BCUT2D eigenvalue weighted by atomic mass is 10.1. The lowest BCUT2D eigenvalue weighted by Crippen LogP contribution is -2.36. The molecule has 0 saturated carbocycles. The molecule has 1 aliphatic rings. The second kappa shape index (κ2) is 6.53. The van der Waals surface area contributed by atoms with Crippen LogP contribution in [0.5, 0.6) is 0 Å². The fraction of sp³-hybridized carbons (Fsp3) is 0.571. The van der Waals surface area contributed by atoms with Crippen LogP contribution in [-0.2, 0) is 0 Å². The van der Waals surface area contributed by atoms with Gasteiger partial charge in [-0.05, 0) is 26.5 Å². The Labute approximate surface area is 128 Å². The molecule has 116 valence electrons. The van der Waals surface area contributed by atoms with Crippen LogP contribution < -0.4 is 4.90 Å². The summed E-state index contributed by atoms with van der Waals surface area (Å²) in [5.74, 6) is 0.286. The predicted molar refractivity (Wildman–Crippen MR) is 83.3 cm³/mol. The fourth-order valence-electron chi connectivity index (χ4n) is 2.45. The van der Waals surface area contributed by atoms with E-state index >= 15 is 0 Å². The normalized spacial score (nSPS) is 23.7. The second-order valence-corrected chi connectivity index (χ2v) is 6.09. The van der Waals surface area contributed by atoms with Crippen molar-refractivity contribution in [1.82, 2.24) is 10.1 Å². The third-order valence-electron chi connectivity index (χ3n) is 3.73. The van der Waals surface area contributed by atoms with Crippen molar-refractivity contribution >= 4 is 23.7 Å². The van der Waals surface area contributed by atoms with Gasteiger partial charge in [-0.1, -0.05) is 11.2 Å². The van der Waals surface area contributed by atoms with Crippen molar-refractivity contribution in [3.05, 3.63) is 24.4 Å². The number of urea groups is 1. The molecule has 2 amide bonds. The van der Waals surface area contributed by atoms with Gasteiger partial charge >= 0.3 is 6.03 Å². The van der Waals surface area contributed by atoms with Crippen LogP contribution in [0.3, 0.4) is 0 Å². The minimum Gasteiger partial charge on any atom is -0.371 e. The Hall–Kier alpha value is -1.47. The summed E-state index contributed by atoms with van der Waals surface area (Å²) in [7, 11) is 0. The highest BCUT2D eigenvalue weighted by Gasteiger charge is 2.45. The molecule has 0 aromatic carbocycles. The minimum absolute atomic E-state index is 0.170. The molecule has 1 N–H and O–H groups in total. The number of carbonyl (C=O) groups is 1. The van der Waals surface area contributed by atoms with E-state index in [9.17, 15) is 9.90 Å². The average molecular weight is 311 g/mol. The zero-order chi connectivity index (χ0) is 15.6. The maximum atomic E-state index is 12.4. The summed E-state index contributed by atoms with van der Waals surface area (Å²) in [6.07, 6.45) is 3.25. The molecule has 0 aliphatic carbocycles. The van der Waals surface area contributed by atoms with E-state index in [2.05, 4.69) is 11.7 Å². The first-order valence-electron chi connectivity index (χ1n) is 6.93. The molecule has 3 atom stereocenters. The summed E-state index contributed by atoms with van der Waals surface area (Å²) in [5.41, 5.74) is 0.757. The smallest absolute Gasteiger partial charge is 0.329 e. The van der Waals surface area contributed by atoms with Crippen molar-refractivity contribution in [2.75, 3.05) is 17.7 Å². The number of thioether (sulfide) groups is 1. The van der Waals surface area contributed by atoms with Gasteiger partial charge in [-0.25, -0.2) is 9.69 Å². The summed E-state index contributed by atoms with van der Waals surface area (Å²) in [6, 6.07) is 1.13. The summed E-state index contributed by atoms with van der Waals surface area (Å²) < 4.78 is 5.26. The van der Waals surface area contributed by atoms with Crippen molar-refractivity contribution in [3.63, 3.8) is 0 Å². The molecule has 1 saturated heterocycles. The third kappa shape index (κ3) is 2.80. The highest BCUT2D eigenvalue weighted by molar-refractivity contribution is 7.98. The van der Waals surface area contributed by atoms with E-state index in [0.717, 1.165) is 5.69 Å². The van der Waals surface area contributed by atoms with Gasteiger partial charge < -0.3 is 14.5 Å². The maximum absolute atomic E-state index is 12.4. The first kappa shape index (κ1) is 15.9. The predicted octanol–water partition coefficient (Wildman–Crippen LogP) is 2.62. The lowest BCUT2D eigenvalue weighted by Gasteiger charge is -2.21. The Balaban J connectivity index is 2.28. The van der Waals surface area contributed by atoms with E-state index in [0.29, 0.717) is 13.0 Å². The zero-order valence-corrected chi connectivity index (χ0v) is 13.3. The van der Waals surface area contributed by atoms with Gasteiger partial charge in [-0.2, -0.15) is 11.8 Å². The molecule has 1 aromatic rings. The molecular formula is C14H21N3O3S. The van der Waals surface area contributed by atoms with Crippen LogP contribution in [0, 0.1) is 0 Å². The first-order valence-corrected chi connectivity index (χ1v) is 8.22. The van der Waals surface area contributed by atoms with Crippen molar-refractivity contribution in [2.45, 2.75) is 37.8 Å². The molecule has 1 aliphatic heterocycles. The van der Waals surface area contributed by atoms with Crippen LogP contribution in [0.4, 0.5) is 10.7 Å². The Morgan fingerprint density at radius 3 is 2.95 bits per heavy atom. The van der Waals surface area contributed by atoms with Crippen molar-refractivity contribution in [3.8, 4) is 0 Å². The number of likely N-dealkylation sites (N-methyl/N-ethyl adjacent to an activating group) is 1. The van der Waals surface area contributed by atoms with Crippen molar-refractivity contribution in [2.24, 2.45) is 0 Å². The van der Waals surface area contributed by atoms with Crippen molar-refractivity contribution in [1.29, 1.82) is 0 Å². The first-order chi connectivity index (χ1) is 10.0. The summed E-state index contributed by atoms with van der Waals surface area (Å²) in [4.78, 5) is 15.3. The van der Waals surface area contributed by atoms with Gasteiger partial charge in [-0.3, -0.25) is 0 Å². The van der Waals surface area contributed by atoms with Crippen LogP contribution >= 0.6 is 11.8 Å². The van der Waals surface area contributed by atoms with Crippen LogP contribution in [0.2, 0.25) is 0 Å². The summed E-state index contributed by atoms with van der Waals surface area (Å²) in [5, 5.41) is 14.6. The van der Waals surface area contributed by atoms with Gasteiger partial charge in [0.05, 0.1) is 11.7 Å². The molecule has 0 bridgehead atoms. The SMILES string of the molecule is C=CCC1C(O)N(c2cc(C(C)SC)no2)C(=O)N1CC. The Morgan fingerprint density at radius 1 is 1.67 bits per heavy atom. The number of nitrogens with zero attached hydrogens (tertiary/aromatic N) is 3. The number of rotatable bonds is 6. The van der Waals surface area contributed by atoms with E-state index in [1.165, 1.54) is 4.90 Å². The molecule has 0 spiro atoms. The molecule has 2 heterocycles. The van der Waals surface area contributed by atoms with Crippen LogP contribution in [-0.4, -0.2) is 46.3 Å². The molecule has 7 heteroatoms. The molecule has 0 radical (unpaired) electrons. The van der Waals surface area contributed by atoms with Crippen LogP contribution in [0.15, 0.2) is 23.2 Å². The zero-order valence-electron chi connectivity index (χ0n) is 12.5. The fourth-order valence-corrected chi connectivity index (χ4v) is 2.80. The molecule has 1 fully saturated rings. The van der Waals surface area contributed by atoms with Gasteiger partial charge in [0.25, 0.3) is 0 Å². The number of aliphatic hydroxyl groups is 1. The quantitative estimate of drug-likeness (QED) is 0.818. The van der Waals surface area contributed by atoms with Gasteiger partial charge in [0.15, 0.2) is 6.23 Å². The minimum atomic E-state index is -0.958. The van der Waals surface area contributed by atoms with Crippen LogP contribution in [0.1, 0.15) is 31.2 Å². The molecule has 3 unspecified atom stereocenters. The number of aromatic nitrogens is 1. The van der Waals surface area contributed by atoms with E-state index < -0.39 is 6.23 Å². The van der Waals surface area contributed by atoms with E-state index in [-0.39, 0.29) is 23.2 Å². The van der Waals surface area contributed by atoms with Crippen LogP contribution in [0.25, 0.3) is 0 Å². The van der Waals surface area contributed by atoms with Gasteiger partial charge in [0.1, 0.15) is 0 Å². The number of anilines is 1. The lowest BCUT2D eigenvalue weighted by molar-refractivity contribution is 0.120. The Bertz CT molecular complexity index is 519. The largest absolute Gasteiger partial charge is 0.371 e. The second-order valence-electron chi connectivity index (χ2n) is 4.91. The van der Waals surface area contributed by atoms with E-state index in [1.54, 1.807) is 28.8 Å².